The molecule has 2 aromatic rings. The Kier molecular flexibility index (Phi) is 3.70. The standard InChI is InChI=1S/C19H22FN5O/c20-15-3-1-2-13(8-15)16-9-17(23-12-22-16)25-11-19(26-18(25)21)10-24-6-4-14(19)5-7-24/h1-3,8-9,12,14,18H,4-7,10-11,21H2. The number of halogens is 1. The number of nitrogens with zero attached hydrogens (tertiary/aromatic N) is 4. The quantitative estimate of drug-likeness (QED) is 0.886. The maximum Gasteiger partial charge on any atom is 0.186 e. The van der Waals surface area contributed by atoms with Crippen LogP contribution in [0.4, 0.5) is 10.2 Å². The van der Waals surface area contributed by atoms with Gasteiger partial charge in [0.1, 0.15) is 23.6 Å². The average Bonchev–Trinajstić information content (AvgIpc) is 2.98. The molecule has 4 aliphatic heterocycles. The molecule has 1 aromatic heterocycles. The number of fused-ring (bicyclic) bond motifs is 2. The molecule has 1 spiro atoms. The van der Waals surface area contributed by atoms with Crippen LogP contribution >= 0.6 is 0 Å². The summed E-state index contributed by atoms with van der Waals surface area (Å²) in [6.07, 6.45) is 3.31. The van der Waals surface area contributed by atoms with E-state index < -0.39 is 6.35 Å². The van der Waals surface area contributed by atoms with Crippen LogP contribution in [0.1, 0.15) is 12.8 Å². The normalized spacial score (nSPS) is 33.2. The molecule has 136 valence electrons. The Morgan fingerprint density at radius 1 is 1.15 bits per heavy atom. The van der Waals surface area contributed by atoms with Crippen molar-refractivity contribution in [2.45, 2.75) is 24.8 Å². The lowest BCUT2D eigenvalue weighted by Gasteiger charge is -2.50. The van der Waals surface area contributed by atoms with Crippen molar-refractivity contribution in [3.8, 4) is 11.3 Å². The van der Waals surface area contributed by atoms with Gasteiger partial charge in [-0.1, -0.05) is 12.1 Å². The van der Waals surface area contributed by atoms with Crippen molar-refractivity contribution >= 4 is 5.82 Å². The first-order chi connectivity index (χ1) is 12.6. The van der Waals surface area contributed by atoms with Gasteiger partial charge < -0.3 is 14.5 Å². The van der Waals surface area contributed by atoms with Gasteiger partial charge in [-0.05, 0) is 44.0 Å². The maximum absolute atomic E-state index is 13.5. The molecule has 4 fully saturated rings. The zero-order valence-electron chi connectivity index (χ0n) is 14.5. The molecule has 4 saturated heterocycles. The summed E-state index contributed by atoms with van der Waals surface area (Å²) in [5, 5.41) is 0. The van der Waals surface area contributed by atoms with Crippen molar-refractivity contribution < 1.29 is 9.13 Å². The van der Waals surface area contributed by atoms with Gasteiger partial charge in [0.05, 0.1) is 12.2 Å². The lowest BCUT2D eigenvalue weighted by molar-refractivity contribution is -0.137. The Morgan fingerprint density at radius 2 is 2.00 bits per heavy atom. The first-order valence-corrected chi connectivity index (χ1v) is 9.13. The van der Waals surface area contributed by atoms with E-state index in [1.165, 1.54) is 31.3 Å². The Labute approximate surface area is 151 Å². The summed E-state index contributed by atoms with van der Waals surface area (Å²) in [4.78, 5) is 13.2. The minimum absolute atomic E-state index is 0.208. The van der Waals surface area contributed by atoms with E-state index in [2.05, 4.69) is 14.9 Å². The number of rotatable bonds is 2. The van der Waals surface area contributed by atoms with E-state index in [0.29, 0.717) is 11.6 Å². The molecule has 7 heteroatoms. The van der Waals surface area contributed by atoms with Gasteiger partial charge in [-0.3, -0.25) is 5.73 Å². The van der Waals surface area contributed by atoms with Gasteiger partial charge in [0.2, 0.25) is 0 Å². The SMILES string of the molecule is NC1OC2(CN3CCC2CC3)CN1c1cc(-c2cccc(F)c2)ncn1. The highest BCUT2D eigenvalue weighted by molar-refractivity contribution is 5.62. The lowest BCUT2D eigenvalue weighted by atomic mass is 9.75. The third-order valence-electron chi connectivity index (χ3n) is 5.99. The van der Waals surface area contributed by atoms with Crippen LogP contribution in [0.25, 0.3) is 11.3 Å². The molecule has 0 aliphatic carbocycles. The number of benzene rings is 1. The Morgan fingerprint density at radius 3 is 2.73 bits per heavy atom. The third kappa shape index (κ3) is 2.58. The van der Waals surface area contributed by atoms with Crippen LogP contribution in [0.15, 0.2) is 36.7 Å². The van der Waals surface area contributed by atoms with Crippen molar-refractivity contribution in [1.82, 2.24) is 14.9 Å². The molecule has 26 heavy (non-hydrogen) atoms. The van der Waals surface area contributed by atoms with Gasteiger partial charge in [0.15, 0.2) is 6.35 Å². The van der Waals surface area contributed by atoms with Crippen LogP contribution in [-0.4, -0.2) is 53.0 Å². The maximum atomic E-state index is 13.5. The third-order valence-corrected chi connectivity index (χ3v) is 5.99. The van der Waals surface area contributed by atoms with Crippen molar-refractivity contribution in [3.05, 3.63) is 42.5 Å². The van der Waals surface area contributed by atoms with Crippen LogP contribution in [0.5, 0.6) is 0 Å². The van der Waals surface area contributed by atoms with E-state index in [0.717, 1.165) is 37.6 Å². The fourth-order valence-electron chi connectivity index (χ4n) is 4.68. The summed E-state index contributed by atoms with van der Waals surface area (Å²) >= 11 is 0. The highest BCUT2D eigenvalue weighted by Gasteiger charge is 2.54. The van der Waals surface area contributed by atoms with Gasteiger partial charge in [-0.25, -0.2) is 14.4 Å². The molecule has 2 atom stereocenters. The highest BCUT2D eigenvalue weighted by atomic mass is 19.1. The van der Waals surface area contributed by atoms with E-state index in [1.807, 2.05) is 17.0 Å². The van der Waals surface area contributed by atoms with Crippen LogP contribution in [0.2, 0.25) is 0 Å². The minimum atomic E-state index is -0.522. The van der Waals surface area contributed by atoms with Crippen molar-refractivity contribution in [2.75, 3.05) is 31.1 Å². The molecule has 5 heterocycles. The van der Waals surface area contributed by atoms with E-state index in [4.69, 9.17) is 10.5 Å². The van der Waals surface area contributed by atoms with Crippen LogP contribution in [0.3, 0.4) is 0 Å². The molecule has 2 N–H and O–H groups in total. The van der Waals surface area contributed by atoms with Crippen LogP contribution < -0.4 is 10.6 Å². The van der Waals surface area contributed by atoms with Crippen molar-refractivity contribution in [1.29, 1.82) is 0 Å². The minimum Gasteiger partial charge on any atom is -0.335 e. The van der Waals surface area contributed by atoms with Gasteiger partial charge in [-0.15, -0.1) is 0 Å². The van der Waals surface area contributed by atoms with E-state index >= 15 is 0 Å². The summed E-state index contributed by atoms with van der Waals surface area (Å²) in [7, 11) is 0. The average molecular weight is 355 g/mol. The monoisotopic (exact) mass is 355 g/mol. The number of nitrogens with two attached hydrogens (primary N) is 1. The molecule has 2 bridgehead atoms. The molecule has 0 amide bonds. The molecule has 0 radical (unpaired) electrons. The molecule has 0 saturated carbocycles. The second kappa shape index (κ2) is 5.97. The first kappa shape index (κ1) is 16.1. The second-order valence-electron chi connectivity index (χ2n) is 7.52. The van der Waals surface area contributed by atoms with Crippen LogP contribution in [0, 0.1) is 11.7 Å². The summed E-state index contributed by atoms with van der Waals surface area (Å²) in [5.41, 5.74) is 7.52. The van der Waals surface area contributed by atoms with Crippen molar-refractivity contribution in [3.63, 3.8) is 0 Å². The van der Waals surface area contributed by atoms with Gasteiger partial charge >= 0.3 is 0 Å². The topological polar surface area (TPSA) is 67.5 Å². The predicted octanol–water partition coefficient (Wildman–Crippen LogP) is 1.83. The number of anilines is 1. The predicted molar refractivity (Wildman–Crippen MR) is 95.7 cm³/mol. The molecule has 6 rings (SSSR count). The molecular formula is C19H22FN5O. The zero-order valence-corrected chi connectivity index (χ0v) is 14.5. The summed E-state index contributed by atoms with van der Waals surface area (Å²) in [6, 6.07) is 8.27. The smallest absolute Gasteiger partial charge is 0.186 e. The number of piperidine rings is 3. The van der Waals surface area contributed by atoms with E-state index in [-0.39, 0.29) is 11.4 Å². The number of hydrogen-bond acceptors (Lipinski definition) is 6. The van der Waals surface area contributed by atoms with Gasteiger partial charge in [0, 0.05) is 18.2 Å². The fraction of sp³-hybridized carbons (Fsp3) is 0.474. The highest BCUT2D eigenvalue weighted by Crippen LogP contribution is 2.43. The lowest BCUT2D eigenvalue weighted by Crippen LogP contribution is -2.61. The van der Waals surface area contributed by atoms with Crippen molar-refractivity contribution in [2.24, 2.45) is 11.7 Å². The van der Waals surface area contributed by atoms with Gasteiger partial charge in [0.25, 0.3) is 0 Å². The van der Waals surface area contributed by atoms with E-state index in [1.54, 1.807) is 6.07 Å². The molecular weight excluding hydrogens is 333 g/mol. The second-order valence-corrected chi connectivity index (χ2v) is 7.52. The van der Waals surface area contributed by atoms with Crippen LogP contribution in [-0.2, 0) is 4.74 Å². The first-order valence-electron chi connectivity index (χ1n) is 9.13. The molecule has 1 aromatic carbocycles. The number of aromatic nitrogens is 2. The Hall–Kier alpha value is -2.09. The molecule has 4 aliphatic rings. The molecule has 6 nitrogen and oxygen atoms in total. The largest absolute Gasteiger partial charge is 0.335 e. The Balaban J connectivity index is 1.44. The number of hydrogen-bond donors (Lipinski definition) is 1. The zero-order chi connectivity index (χ0) is 17.7. The molecule has 2 unspecified atom stereocenters. The number of ether oxygens (including phenoxy) is 1. The Bertz CT molecular complexity index is 825. The fourth-order valence-corrected chi connectivity index (χ4v) is 4.68. The summed E-state index contributed by atoms with van der Waals surface area (Å²) < 4.78 is 19.8. The summed E-state index contributed by atoms with van der Waals surface area (Å²) in [5.74, 6) is 0.989. The summed E-state index contributed by atoms with van der Waals surface area (Å²) in [6.45, 7) is 3.98. The van der Waals surface area contributed by atoms with E-state index in [9.17, 15) is 4.39 Å². The van der Waals surface area contributed by atoms with Gasteiger partial charge in [-0.2, -0.15) is 0 Å².